The van der Waals surface area contributed by atoms with Gasteiger partial charge >= 0.3 is 11.9 Å². The second kappa shape index (κ2) is 9.83. The standard InChI is InChI=1S/C25H44O4/c1-7-8-9-14-25(6)18(3)19(13-15-24(25,4)5)16-29-23(28)20-12-10-11-17(2)21(20)22(26)27/h17-21H,7-16H2,1-6H3,(H,26,27). The van der Waals surface area contributed by atoms with E-state index in [1.807, 2.05) is 6.92 Å². The van der Waals surface area contributed by atoms with Crippen LogP contribution in [0.2, 0.25) is 0 Å². The predicted octanol–water partition coefficient (Wildman–Crippen LogP) is 6.33. The van der Waals surface area contributed by atoms with Crippen molar-refractivity contribution in [3.05, 3.63) is 0 Å². The molecule has 2 rings (SSSR count). The number of hydrogen-bond acceptors (Lipinski definition) is 3. The van der Waals surface area contributed by atoms with Crippen LogP contribution in [0.5, 0.6) is 0 Å². The zero-order valence-corrected chi connectivity index (χ0v) is 19.6. The van der Waals surface area contributed by atoms with E-state index in [0.29, 0.717) is 24.9 Å². The van der Waals surface area contributed by atoms with E-state index in [-0.39, 0.29) is 22.7 Å². The molecular weight excluding hydrogens is 364 g/mol. The molecule has 0 saturated heterocycles. The van der Waals surface area contributed by atoms with Crippen LogP contribution in [0.4, 0.5) is 0 Å². The molecule has 2 saturated carbocycles. The average Bonchev–Trinajstić information content (AvgIpc) is 2.65. The molecule has 0 aromatic carbocycles. The number of rotatable bonds is 8. The molecule has 0 aromatic rings. The lowest BCUT2D eigenvalue weighted by molar-refractivity contribution is -0.165. The summed E-state index contributed by atoms with van der Waals surface area (Å²) in [4.78, 5) is 24.5. The molecule has 6 unspecified atom stereocenters. The van der Waals surface area contributed by atoms with Crippen LogP contribution >= 0.6 is 0 Å². The Hall–Kier alpha value is -1.06. The number of unbranched alkanes of at least 4 members (excludes halogenated alkanes) is 2. The minimum absolute atomic E-state index is 0.0371. The molecule has 0 bridgehead atoms. The highest BCUT2D eigenvalue weighted by Gasteiger charge is 2.50. The number of hydrogen-bond donors (Lipinski definition) is 1. The third-order valence-electron chi connectivity index (χ3n) is 8.95. The molecule has 2 aliphatic rings. The number of carboxylic acid groups (broad SMARTS) is 1. The van der Waals surface area contributed by atoms with Gasteiger partial charge in [-0.25, -0.2) is 0 Å². The van der Waals surface area contributed by atoms with Crippen LogP contribution in [-0.2, 0) is 14.3 Å². The molecular formula is C25H44O4. The van der Waals surface area contributed by atoms with Crippen LogP contribution in [-0.4, -0.2) is 23.7 Å². The first kappa shape index (κ1) is 24.2. The van der Waals surface area contributed by atoms with Crippen molar-refractivity contribution in [1.82, 2.24) is 0 Å². The topological polar surface area (TPSA) is 63.6 Å². The minimum Gasteiger partial charge on any atom is -0.481 e. The first-order chi connectivity index (χ1) is 13.5. The van der Waals surface area contributed by atoms with E-state index in [4.69, 9.17) is 4.74 Å². The highest BCUT2D eigenvalue weighted by atomic mass is 16.5. The Morgan fingerprint density at radius 1 is 1.07 bits per heavy atom. The number of carbonyl (C=O) groups is 2. The van der Waals surface area contributed by atoms with Gasteiger partial charge in [0.1, 0.15) is 0 Å². The van der Waals surface area contributed by atoms with Crippen molar-refractivity contribution in [3.8, 4) is 0 Å². The van der Waals surface area contributed by atoms with Gasteiger partial charge in [-0.15, -0.1) is 0 Å². The van der Waals surface area contributed by atoms with E-state index in [9.17, 15) is 14.7 Å². The summed E-state index contributed by atoms with van der Waals surface area (Å²) in [6, 6.07) is 0. The first-order valence-electron chi connectivity index (χ1n) is 11.9. The number of esters is 1. The van der Waals surface area contributed by atoms with Gasteiger partial charge < -0.3 is 9.84 Å². The van der Waals surface area contributed by atoms with Crippen LogP contribution in [0.15, 0.2) is 0 Å². The first-order valence-corrected chi connectivity index (χ1v) is 11.9. The van der Waals surface area contributed by atoms with Gasteiger partial charge in [0.15, 0.2) is 0 Å². The summed E-state index contributed by atoms with van der Waals surface area (Å²) < 4.78 is 5.81. The molecule has 4 heteroatoms. The van der Waals surface area contributed by atoms with Gasteiger partial charge in [0.25, 0.3) is 0 Å². The molecule has 168 valence electrons. The van der Waals surface area contributed by atoms with Crippen molar-refractivity contribution in [2.75, 3.05) is 6.61 Å². The highest BCUT2D eigenvalue weighted by molar-refractivity contribution is 5.81. The van der Waals surface area contributed by atoms with Gasteiger partial charge in [0.05, 0.1) is 18.4 Å². The number of aliphatic carboxylic acids is 1. The normalized spacial score (nSPS) is 37.1. The second-order valence-electron chi connectivity index (χ2n) is 10.9. The van der Waals surface area contributed by atoms with Gasteiger partial charge in [-0.3, -0.25) is 9.59 Å². The SMILES string of the molecule is CCCCCC1(C)C(C)C(COC(=O)C2CCCC(C)C2C(=O)O)CCC1(C)C. The quantitative estimate of drug-likeness (QED) is 0.377. The fourth-order valence-electron chi connectivity index (χ4n) is 6.15. The maximum absolute atomic E-state index is 12.8. The number of ether oxygens (including phenoxy) is 1. The third-order valence-corrected chi connectivity index (χ3v) is 8.95. The number of carbonyl (C=O) groups excluding carboxylic acids is 1. The van der Waals surface area contributed by atoms with Gasteiger partial charge in [-0.1, -0.05) is 67.2 Å². The minimum atomic E-state index is -0.851. The molecule has 29 heavy (non-hydrogen) atoms. The molecule has 0 radical (unpaired) electrons. The maximum atomic E-state index is 12.8. The Bertz CT molecular complexity index is 569. The smallest absolute Gasteiger partial charge is 0.309 e. The van der Waals surface area contributed by atoms with Gasteiger partial charge in [0.2, 0.25) is 0 Å². The molecule has 4 nitrogen and oxygen atoms in total. The lowest BCUT2D eigenvalue weighted by atomic mass is 9.50. The highest BCUT2D eigenvalue weighted by Crippen LogP contribution is 2.57. The third kappa shape index (κ3) is 5.17. The van der Waals surface area contributed by atoms with E-state index in [0.717, 1.165) is 25.7 Å². The van der Waals surface area contributed by atoms with E-state index < -0.39 is 17.8 Å². The Labute approximate surface area is 178 Å². The summed E-state index contributed by atoms with van der Waals surface area (Å²) in [6.07, 6.45) is 9.65. The van der Waals surface area contributed by atoms with Crippen LogP contribution in [0, 0.1) is 40.4 Å². The fourth-order valence-corrected chi connectivity index (χ4v) is 6.15. The Balaban J connectivity index is 2.02. The molecule has 0 aromatic heterocycles. The number of carboxylic acids is 1. The molecule has 6 atom stereocenters. The zero-order chi connectivity index (χ0) is 21.8. The van der Waals surface area contributed by atoms with Crippen molar-refractivity contribution >= 4 is 11.9 Å². The second-order valence-corrected chi connectivity index (χ2v) is 10.9. The molecule has 2 fully saturated rings. The van der Waals surface area contributed by atoms with Gasteiger partial charge in [-0.2, -0.15) is 0 Å². The van der Waals surface area contributed by atoms with Crippen LogP contribution < -0.4 is 0 Å². The van der Waals surface area contributed by atoms with Crippen molar-refractivity contribution < 1.29 is 19.4 Å². The molecule has 2 aliphatic carbocycles. The summed E-state index contributed by atoms with van der Waals surface area (Å²) in [5.41, 5.74) is 0.522. The molecule has 0 amide bonds. The Kier molecular flexibility index (Phi) is 8.21. The van der Waals surface area contributed by atoms with Crippen LogP contribution in [0.1, 0.15) is 99.3 Å². The summed E-state index contributed by atoms with van der Waals surface area (Å²) in [5.74, 6) is -1.33. The Morgan fingerprint density at radius 2 is 1.76 bits per heavy atom. The molecule has 0 aliphatic heterocycles. The molecule has 0 spiro atoms. The van der Waals surface area contributed by atoms with E-state index in [1.165, 1.54) is 25.7 Å². The van der Waals surface area contributed by atoms with Crippen LogP contribution in [0.3, 0.4) is 0 Å². The summed E-state index contributed by atoms with van der Waals surface area (Å²) >= 11 is 0. The van der Waals surface area contributed by atoms with Crippen molar-refractivity contribution in [1.29, 1.82) is 0 Å². The molecule has 1 N–H and O–H groups in total. The molecule has 0 heterocycles. The summed E-state index contributed by atoms with van der Waals surface area (Å²) in [5, 5.41) is 9.61. The fraction of sp³-hybridized carbons (Fsp3) is 0.920. The monoisotopic (exact) mass is 408 g/mol. The zero-order valence-electron chi connectivity index (χ0n) is 19.6. The van der Waals surface area contributed by atoms with Crippen molar-refractivity contribution in [2.45, 2.75) is 99.3 Å². The summed E-state index contributed by atoms with van der Waals surface area (Å²) in [6.45, 7) is 14.2. The van der Waals surface area contributed by atoms with Crippen LogP contribution in [0.25, 0.3) is 0 Å². The van der Waals surface area contributed by atoms with Gasteiger partial charge in [-0.05, 0) is 60.7 Å². The predicted molar refractivity (Wildman–Crippen MR) is 117 cm³/mol. The maximum Gasteiger partial charge on any atom is 0.309 e. The average molecular weight is 409 g/mol. The Morgan fingerprint density at radius 3 is 2.38 bits per heavy atom. The van der Waals surface area contributed by atoms with Gasteiger partial charge in [0, 0.05) is 0 Å². The lowest BCUT2D eigenvalue weighted by Gasteiger charge is -2.55. The van der Waals surface area contributed by atoms with E-state index in [1.54, 1.807) is 0 Å². The largest absolute Gasteiger partial charge is 0.481 e. The lowest BCUT2D eigenvalue weighted by Crippen LogP contribution is -2.49. The van der Waals surface area contributed by atoms with E-state index >= 15 is 0 Å². The van der Waals surface area contributed by atoms with Crippen molar-refractivity contribution in [3.63, 3.8) is 0 Å². The van der Waals surface area contributed by atoms with Crippen molar-refractivity contribution in [2.24, 2.45) is 40.4 Å². The summed E-state index contributed by atoms with van der Waals surface area (Å²) in [7, 11) is 0. The van der Waals surface area contributed by atoms with E-state index in [2.05, 4.69) is 34.6 Å².